The Labute approximate surface area is 163 Å². The predicted octanol–water partition coefficient (Wildman–Crippen LogP) is 2.14. The van der Waals surface area contributed by atoms with E-state index in [0.29, 0.717) is 43.2 Å². The molecule has 0 unspecified atom stereocenters. The number of hydrogen-bond acceptors (Lipinski definition) is 4. The molecule has 0 radical (unpaired) electrons. The molecule has 3 rings (SSSR count). The molecule has 0 aromatic heterocycles. The van der Waals surface area contributed by atoms with E-state index in [-0.39, 0.29) is 5.91 Å². The summed E-state index contributed by atoms with van der Waals surface area (Å²) in [5, 5.41) is 2.82. The maximum absolute atomic E-state index is 12.5. The van der Waals surface area contributed by atoms with Gasteiger partial charge in [-0.15, -0.1) is 0 Å². The fraction of sp³-hybridized carbons (Fsp3) is 0.286. The first-order valence-electron chi connectivity index (χ1n) is 9.15. The molecule has 1 fully saturated rings. The second-order valence-electron chi connectivity index (χ2n) is 6.46. The molecule has 1 aliphatic heterocycles. The van der Waals surface area contributed by atoms with Crippen molar-refractivity contribution in [2.45, 2.75) is 13.5 Å². The molecule has 0 bridgehead atoms. The van der Waals surface area contributed by atoms with E-state index in [9.17, 15) is 14.4 Å². The number of carbonyl (C=O) groups excluding carboxylic acids is 3. The van der Waals surface area contributed by atoms with E-state index in [1.54, 1.807) is 53.3 Å². The number of amides is 3. The van der Waals surface area contributed by atoms with Crippen LogP contribution in [0, 0.1) is 0 Å². The van der Waals surface area contributed by atoms with Crippen LogP contribution in [0.15, 0.2) is 48.5 Å². The van der Waals surface area contributed by atoms with Crippen molar-refractivity contribution in [3.63, 3.8) is 0 Å². The number of piperazine rings is 1. The monoisotopic (exact) mass is 381 g/mol. The SMILES string of the molecule is CCN1CCN(Cc2ccc(C(=O)Nc3ccccc3OC)cc2)C(=O)C1=O. The first-order chi connectivity index (χ1) is 13.5. The highest BCUT2D eigenvalue weighted by Gasteiger charge is 2.31. The lowest BCUT2D eigenvalue weighted by Gasteiger charge is -2.33. The minimum absolute atomic E-state index is 0.251. The van der Waals surface area contributed by atoms with Crippen LogP contribution in [0.5, 0.6) is 5.75 Å². The van der Waals surface area contributed by atoms with Crippen molar-refractivity contribution in [2.75, 3.05) is 32.1 Å². The summed E-state index contributed by atoms with van der Waals surface area (Å²) in [6.45, 7) is 3.79. The van der Waals surface area contributed by atoms with Gasteiger partial charge in [0.2, 0.25) is 0 Å². The second kappa shape index (κ2) is 8.56. The number of ether oxygens (including phenoxy) is 1. The number of para-hydroxylation sites is 2. The standard InChI is InChI=1S/C21H23N3O4/c1-3-23-12-13-24(21(27)20(23)26)14-15-8-10-16(11-9-15)19(25)22-17-6-4-5-7-18(17)28-2/h4-11H,3,12-14H2,1-2H3,(H,22,25). The van der Waals surface area contributed by atoms with Gasteiger partial charge < -0.3 is 19.9 Å². The van der Waals surface area contributed by atoms with Gasteiger partial charge in [0, 0.05) is 31.7 Å². The Kier molecular flexibility index (Phi) is 5.93. The number of rotatable bonds is 6. The molecule has 1 N–H and O–H groups in total. The van der Waals surface area contributed by atoms with Crippen LogP contribution < -0.4 is 10.1 Å². The van der Waals surface area contributed by atoms with Gasteiger partial charge in [-0.3, -0.25) is 14.4 Å². The Balaban J connectivity index is 1.64. The topological polar surface area (TPSA) is 79.0 Å². The van der Waals surface area contributed by atoms with E-state index in [1.807, 2.05) is 19.1 Å². The molecule has 3 amide bonds. The van der Waals surface area contributed by atoms with Crippen molar-refractivity contribution in [3.8, 4) is 5.75 Å². The van der Waals surface area contributed by atoms with Gasteiger partial charge in [0.25, 0.3) is 5.91 Å². The highest BCUT2D eigenvalue weighted by Crippen LogP contribution is 2.23. The van der Waals surface area contributed by atoms with Gasteiger partial charge in [-0.05, 0) is 36.8 Å². The zero-order chi connectivity index (χ0) is 20.1. The largest absolute Gasteiger partial charge is 0.495 e. The highest BCUT2D eigenvalue weighted by atomic mass is 16.5. The lowest BCUT2D eigenvalue weighted by Crippen LogP contribution is -2.53. The van der Waals surface area contributed by atoms with E-state index >= 15 is 0 Å². The van der Waals surface area contributed by atoms with Crippen molar-refractivity contribution in [2.24, 2.45) is 0 Å². The van der Waals surface area contributed by atoms with Gasteiger partial charge >= 0.3 is 11.8 Å². The second-order valence-corrected chi connectivity index (χ2v) is 6.46. The summed E-state index contributed by atoms with van der Waals surface area (Å²) >= 11 is 0. The molecule has 0 aliphatic carbocycles. The van der Waals surface area contributed by atoms with Gasteiger partial charge in [0.05, 0.1) is 12.8 Å². The Bertz CT molecular complexity index is 879. The molecule has 0 spiro atoms. The summed E-state index contributed by atoms with van der Waals surface area (Å²) in [5.74, 6) is -0.603. The fourth-order valence-corrected chi connectivity index (χ4v) is 3.09. The van der Waals surface area contributed by atoms with Crippen LogP contribution >= 0.6 is 0 Å². The van der Waals surface area contributed by atoms with Crippen LogP contribution in [0.4, 0.5) is 5.69 Å². The summed E-state index contributed by atoms with van der Waals surface area (Å²) in [6, 6.07) is 14.2. The van der Waals surface area contributed by atoms with Crippen molar-refractivity contribution in [1.82, 2.24) is 9.80 Å². The molecule has 1 saturated heterocycles. The maximum atomic E-state index is 12.5. The number of hydrogen-bond donors (Lipinski definition) is 1. The van der Waals surface area contributed by atoms with E-state index in [0.717, 1.165) is 5.56 Å². The van der Waals surface area contributed by atoms with E-state index < -0.39 is 11.8 Å². The summed E-state index contributed by atoms with van der Waals surface area (Å²) in [5.41, 5.74) is 1.95. The first kappa shape index (κ1) is 19.4. The van der Waals surface area contributed by atoms with Gasteiger partial charge in [-0.25, -0.2) is 0 Å². The first-order valence-corrected chi connectivity index (χ1v) is 9.15. The third kappa shape index (κ3) is 4.14. The van der Waals surface area contributed by atoms with Crippen LogP contribution in [0.1, 0.15) is 22.8 Å². The number of anilines is 1. The molecular weight excluding hydrogens is 358 g/mol. The zero-order valence-corrected chi connectivity index (χ0v) is 16.0. The van der Waals surface area contributed by atoms with Crippen molar-refractivity contribution in [3.05, 3.63) is 59.7 Å². The Morgan fingerprint density at radius 3 is 2.32 bits per heavy atom. The molecule has 0 atom stereocenters. The molecule has 7 nitrogen and oxygen atoms in total. The van der Waals surface area contributed by atoms with Crippen LogP contribution in [0.25, 0.3) is 0 Å². The average molecular weight is 381 g/mol. The van der Waals surface area contributed by atoms with Crippen molar-refractivity contribution >= 4 is 23.4 Å². The highest BCUT2D eigenvalue weighted by molar-refractivity contribution is 6.35. The normalized spacial score (nSPS) is 14.2. The molecule has 1 heterocycles. The number of benzene rings is 2. The Morgan fingerprint density at radius 2 is 1.64 bits per heavy atom. The van der Waals surface area contributed by atoms with Crippen LogP contribution in [0.3, 0.4) is 0 Å². The summed E-state index contributed by atoms with van der Waals surface area (Å²) in [4.78, 5) is 39.7. The Morgan fingerprint density at radius 1 is 1.00 bits per heavy atom. The maximum Gasteiger partial charge on any atom is 0.312 e. The summed E-state index contributed by atoms with van der Waals surface area (Å²) in [6.07, 6.45) is 0. The lowest BCUT2D eigenvalue weighted by molar-refractivity contribution is -0.156. The molecular formula is C21H23N3O4. The fourth-order valence-electron chi connectivity index (χ4n) is 3.09. The lowest BCUT2D eigenvalue weighted by atomic mass is 10.1. The number of likely N-dealkylation sites (N-methyl/N-ethyl adjacent to an activating group) is 1. The smallest absolute Gasteiger partial charge is 0.312 e. The van der Waals surface area contributed by atoms with Crippen molar-refractivity contribution < 1.29 is 19.1 Å². The van der Waals surface area contributed by atoms with Crippen LogP contribution in [-0.4, -0.2) is 54.3 Å². The predicted molar refractivity (Wildman–Crippen MR) is 105 cm³/mol. The third-order valence-electron chi connectivity index (χ3n) is 4.72. The number of nitrogens with zero attached hydrogens (tertiary/aromatic N) is 2. The minimum Gasteiger partial charge on any atom is -0.495 e. The summed E-state index contributed by atoms with van der Waals surface area (Å²) < 4.78 is 5.24. The van der Waals surface area contributed by atoms with Crippen LogP contribution in [-0.2, 0) is 16.1 Å². The molecule has 0 saturated carbocycles. The van der Waals surface area contributed by atoms with E-state index in [2.05, 4.69) is 5.32 Å². The molecule has 2 aromatic carbocycles. The molecule has 2 aromatic rings. The number of carbonyl (C=O) groups is 3. The molecule has 7 heteroatoms. The number of methoxy groups -OCH3 is 1. The average Bonchev–Trinajstić information content (AvgIpc) is 2.72. The van der Waals surface area contributed by atoms with Crippen LogP contribution in [0.2, 0.25) is 0 Å². The third-order valence-corrected chi connectivity index (χ3v) is 4.72. The minimum atomic E-state index is -0.480. The van der Waals surface area contributed by atoms with Crippen molar-refractivity contribution in [1.29, 1.82) is 0 Å². The van der Waals surface area contributed by atoms with Gasteiger partial charge in [-0.2, -0.15) is 0 Å². The van der Waals surface area contributed by atoms with Gasteiger partial charge in [0.15, 0.2) is 0 Å². The van der Waals surface area contributed by atoms with Gasteiger partial charge in [-0.1, -0.05) is 24.3 Å². The van der Waals surface area contributed by atoms with E-state index in [4.69, 9.17) is 4.74 Å². The quantitative estimate of drug-likeness (QED) is 0.778. The Hall–Kier alpha value is -3.35. The molecule has 1 aliphatic rings. The summed E-state index contributed by atoms with van der Waals surface area (Å²) in [7, 11) is 1.55. The number of nitrogens with one attached hydrogen (secondary N) is 1. The zero-order valence-electron chi connectivity index (χ0n) is 16.0. The molecule has 28 heavy (non-hydrogen) atoms. The van der Waals surface area contributed by atoms with Gasteiger partial charge in [0.1, 0.15) is 5.75 Å². The molecule has 146 valence electrons. The van der Waals surface area contributed by atoms with E-state index in [1.165, 1.54) is 0 Å².